The zero-order chi connectivity index (χ0) is 41.7. The maximum atomic E-state index is 6.18. The molecule has 63 heavy (non-hydrogen) atoms. The van der Waals surface area contributed by atoms with Gasteiger partial charge < -0.3 is 4.42 Å². The van der Waals surface area contributed by atoms with E-state index in [1.807, 2.05) is 66.7 Å². The number of fused-ring (bicyclic) bond motifs is 6. The number of para-hydroxylation sites is 2. The molecule has 3 heterocycles. The third kappa shape index (κ3) is 6.76. The van der Waals surface area contributed by atoms with Crippen LogP contribution in [0.1, 0.15) is 0 Å². The van der Waals surface area contributed by atoms with Crippen molar-refractivity contribution in [1.29, 1.82) is 0 Å². The fourth-order valence-electron chi connectivity index (χ4n) is 8.48. The highest BCUT2D eigenvalue weighted by Gasteiger charge is 2.16. The molecule has 12 rings (SSSR count). The van der Waals surface area contributed by atoms with E-state index in [2.05, 4.69) is 146 Å². The Bertz CT molecular complexity index is 3640. The lowest BCUT2D eigenvalue weighted by atomic mass is 9.95. The van der Waals surface area contributed by atoms with Crippen molar-refractivity contribution in [1.82, 2.24) is 24.9 Å². The number of hydrogen-bond donors (Lipinski definition) is 0. The highest BCUT2D eigenvalue weighted by atomic mass is 16.3. The number of rotatable bonds is 7. The summed E-state index contributed by atoms with van der Waals surface area (Å²) in [6.07, 6.45) is 0. The molecule has 0 N–H and O–H groups in total. The molecule has 0 fully saturated rings. The van der Waals surface area contributed by atoms with Gasteiger partial charge in [-0.3, -0.25) is 0 Å². The molecule has 0 aliphatic carbocycles. The van der Waals surface area contributed by atoms with E-state index < -0.39 is 0 Å². The van der Waals surface area contributed by atoms with E-state index in [1.165, 1.54) is 5.56 Å². The van der Waals surface area contributed by atoms with Crippen LogP contribution >= 0.6 is 0 Å². The van der Waals surface area contributed by atoms with Gasteiger partial charge >= 0.3 is 0 Å². The molecule has 0 saturated carbocycles. The summed E-state index contributed by atoms with van der Waals surface area (Å²) < 4.78 is 6.18. The first-order valence-electron chi connectivity index (χ1n) is 21.0. The fourth-order valence-corrected chi connectivity index (χ4v) is 8.48. The van der Waals surface area contributed by atoms with Crippen molar-refractivity contribution < 1.29 is 4.42 Å². The van der Waals surface area contributed by atoms with Crippen LogP contribution < -0.4 is 0 Å². The van der Waals surface area contributed by atoms with Gasteiger partial charge in [-0.1, -0.05) is 182 Å². The highest BCUT2D eigenvalue weighted by Crippen LogP contribution is 2.37. The van der Waals surface area contributed by atoms with E-state index in [4.69, 9.17) is 29.3 Å². The Morgan fingerprint density at radius 3 is 1.29 bits per heavy atom. The quantitative estimate of drug-likeness (QED) is 0.160. The summed E-state index contributed by atoms with van der Waals surface area (Å²) in [6, 6.07) is 73.5. The van der Waals surface area contributed by atoms with E-state index in [0.29, 0.717) is 23.2 Å². The minimum Gasteiger partial charge on any atom is -0.436 e. The van der Waals surface area contributed by atoms with Crippen LogP contribution in [0.5, 0.6) is 0 Å². The molecule has 0 amide bonds. The molecule has 6 nitrogen and oxygen atoms in total. The van der Waals surface area contributed by atoms with E-state index in [0.717, 1.165) is 93.9 Å². The fraction of sp³-hybridized carbons (Fsp3) is 0. The van der Waals surface area contributed by atoms with E-state index in [9.17, 15) is 0 Å². The second kappa shape index (κ2) is 15.1. The number of benzene rings is 9. The van der Waals surface area contributed by atoms with Crippen LogP contribution in [0.3, 0.4) is 0 Å². The number of hydrogen-bond acceptors (Lipinski definition) is 6. The standard InChI is InChI=1S/C57H35N5O/c1-3-10-36(11-4-1)37-22-26-42(27-23-37)55-60-54(41-12-5-2-6-13-41)61-56(62-55)43-28-24-39(25-29-43)38-18-20-40(21-19-38)44-14-9-15-45(34-44)46-30-32-48-47(35-46)31-33-51-52(48)53-57(63-51)59-50-17-8-7-16-49(50)58-53/h1-35H. The van der Waals surface area contributed by atoms with Crippen LogP contribution in [0.25, 0.3) is 123 Å². The van der Waals surface area contributed by atoms with E-state index in [1.54, 1.807) is 0 Å². The van der Waals surface area contributed by atoms with Gasteiger partial charge in [0.25, 0.3) is 0 Å². The molecule has 6 heteroatoms. The van der Waals surface area contributed by atoms with Gasteiger partial charge in [0.2, 0.25) is 5.71 Å². The third-order valence-corrected chi connectivity index (χ3v) is 11.8. The Labute approximate surface area is 362 Å². The van der Waals surface area contributed by atoms with Gasteiger partial charge in [-0.25, -0.2) is 24.9 Å². The molecule has 0 saturated heterocycles. The lowest BCUT2D eigenvalue weighted by Crippen LogP contribution is -2.00. The van der Waals surface area contributed by atoms with Crippen molar-refractivity contribution in [3.63, 3.8) is 0 Å². The average molecular weight is 806 g/mol. The van der Waals surface area contributed by atoms with Gasteiger partial charge in [0.1, 0.15) is 11.1 Å². The first kappa shape index (κ1) is 36.3. The average Bonchev–Trinajstić information content (AvgIpc) is 3.74. The van der Waals surface area contributed by atoms with Gasteiger partial charge in [-0.05, 0) is 85.6 Å². The Balaban J connectivity index is 0.815. The molecular weight excluding hydrogens is 771 g/mol. The topological polar surface area (TPSA) is 77.6 Å². The number of aromatic nitrogens is 5. The van der Waals surface area contributed by atoms with Crippen molar-refractivity contribution in [2.75, 3.05) is 0 Å². The Morgan fingerprint density at radius 1 is 0.286 bits per heavy atom. The van der Waals surface area contributed by atoms with Crippen molar-refractivity contribution >= 4 is 44.0 Å². The molecule has 12 aromatic rings. The highest BCUT2D eigenvalue weighted by molar-refractivity contribution is 6.18. The second-order valence-electron chi connectivity index (χ2n) is 15.7. The molecule has 0 radical (unpaired) electrons. The zero-order valence-electron chi connectivity index (χ0n) is 33.9. The first-order valence-corrected chi connectivity index (χ1v) is 21.0. The summed E-state index contributed by atoms with van der Waals surface area (Å²) in [5.74, 6) is 1.91. The predicted octanol–water partition coefficient (Wildman–Crippen LogP) is 14.5. The number of nitrogens with zero attached hydrogens (tertiary/aromatic N) is 5. The molecule has 294 valence electrons. The third-order valence-electron chi connectivity index (χ3n) is 11.8. The van der Waals surface area contributed by atoms with Gasteiger partial charge in [0, 0.05) is 16.7 Å². The maximum absolute atomic E-state index is 6.18. The molecule has 0 aliphatic rings. The largest absolute Gasteiger partial charge is 0.436 e. The Morgan fingerprint density at radius 2 is 0.698 bits per heavy atom. The van der Waals surface area contributed by atoms with E-state index >= 15 is 0 Å². The first-order chi connectivity index (χ1) is 31.2. The molecule has 0 unspecified atom stereocenters. The number of furan rings is 1. The minimum atomic E-state index is 0.559. The summed E-state index contributed by atoms with van der Waals surface area (Å²) >= 11 is 0. The van der Waals surface area contributed by atoms with E-state index in [-0.39, 0.29) is 0 Å². The van der Waals surface area contributed by atoms with Gasteiger partial charge in [0.05, 0.1) is 16.4 Å². The van der Waals surface area contributed by atoms with Crippen LogP contribution in [-0.4, -0.2) is 24.9 Å². The van der Waals surface area contributed by atoms with Crippen LogP contribution in [0.4, 0.5) is 0 Å². The maximum Gasteiger partial charge on any atom is 0.246 e. The van der Waals surface area contributed by atoms with Crippen LogP contribution in [0.2, 0.25) is 0 Å². The summed E-state index contributed by atoms with van der Waals surface area (Å²) in [5.41, 5.74) is 15.8. The summed E-state index contributed by atoms with van der Waals surface area (Å²) in [7, 11) is 0. The van der Waals surface area contributed by atoms with Crippen molar-refractivity contribution in [3.05, 3.63) is 212 Å². The molecule has 0 bridgehead atoms. The van der Waals surface area contributed by atoms with Crippen molar-refractivity contribution in [3.8, 4) is 78.7 Å². The second-order valence-corrected chi connectivity index (χ2v) is 15.7. The smallest absolute Gasteiger partial charge is 0.246 e. The molecule has 9 aromatic carbocycles. The zero-order valence-corrected chi connectivity index (χ0v) is 33.9. The monoisotopic (exact) mass is 805 g/mol. The molecule has 0 aliphatic heterocycles. The Kier molecular flexibility index (Phi) is 8.71. The van der Waals surface area contributed by atoms with Crippen LogP contribution in [0.15, 0.2) is 217 Å². The van der Waals surface area contributed by atoms with Gasteiger partial charge in [-0.2, -0.15) is 0 Å². The molecule has 3 aromatic heterocycles. The predicted molar refractivity (Wildman–Crippen MR) is 256 cm³/mol. The lowest BCUT2D eigenvalue weighted by Gasteiger charge is -2.10. The lowest BCUT2D eigenvalue weighted by molar-refractivity contribution is 0.655. The minimum absolute atomic E-state index is 0.559. The van der Waals surface area contributed by atoms with Crippen molar-refractivity contribution in [2.24, 2.45) is 0 Å². The summed E-state index contributed by atoms with van der Waals surface area (Å²) in [6.45, 7) is 0. The van der Waals surface area contributed by atoms with Gasteiger partial charge in [0.15, 0.2) is 17.5 Å². The van der Waals surface area contributed by atoms with Crippen LogP contribution in [-0.2, 0) is 0 Å². The van der Waals surface area contributed by atoms with Crippen molar-refractivity contribution in [2.45, 2.75) is 0 Å². The summed E-state index contributed by atoms with van der Waals surface area (Å²) in [4.78, 5) is 24.6. The normalized spacial score (nSPS) is 11.5. The Hall–Kier alpha value is -8.61. The van der Waals surface area contributed by atoms with Crippen LogP contribution in [0, 0.1) is 0 Å². The summed E-state index contributed by atoms with van der Waals surface area (Å²) in [5, 5.41) is 3.22. The molecule has 0 spiro atoms. The molecule has 0 atom stereocenters. The molecular formula is C57H35N5O. The van der Waals surface area contributed by atoms with Gasteiger partial charge in [-0.15, -0.1) is 0 Å². The SMILES string of the molecule is c1ccc(-c2ccc(-c3nc(-c4ccccc4)nc(-c4ccc(-c5ccc(-c6cccc(-c7ccc8c(ccc9oc%10nc%11ccccc%11nc%10c98)c7)c6)cc5)cc4)n3)cc2)cc1.